The van der Waals surface area contributed by atoms with Crippen molar-refractivity contribution in [2.24, 2.45) is 0 Å². The molecule has 2 aliphatic heterocycles. The van der Waals surface area contributed by atoms with Crippen molar-refractivity contribution in [3.8, 4) is 0 Å². The zero-order valence-electron chi connectivity index (χ0n) is 17.5. The summed E-state index contributed by atoms with van der Waals surface area (Å²) in [4.78, 5) is 18.4. The van der Waals surface area contributed by atoms with Crippen LogP contribution in [0.1, 0.15) is 12.8 Å². The summed E-state index contributed by atoms with van der Waals surface area (Å²) in [6.45, 7) is 1.77. The highest BCUT2D eigenvalue weighted by Gasteiger charge is 2.47. The van der Waals surface area contributed by atoms with Crippen molar-refractivity contribution in [3.05, 3.63) is 91.0 Å². The van der Waals surface area contributed by atoms with Crippen LogP contribution in [-0.4, -0.2) is 42.1 Å². The standard InChI is InChI=1S/C26H27N2O2P/c29-25(20-31(30,23-14-6-2-7-15-23)24-16-8-3-9-17-24)26-27-18-10-13-22(27)19-28(26)21-11-4-1-5-12-21/h1-9,11-12,14-17,22,26H,10,13,18-20H2/t22-,26+/m0/s1. The van der Waals surface area contributed by atoms with Gasteiger partial charge in [-0.1, -0.05) is 78.9 Å². The van der Waals surface area contributed by atoms with E-state index in [1.807, 2.05) is 78.9 Å². The second-order valence-corrected chi connectivity index (χ2v) is 11.3. The number of carbonyl (C=O) groups is 1. The lowest BCUT2D eigenvalue weighted by atomic mass is 10.2. The average Bonchev–Trinajstić information content (AvgIpc) is 3.42. The zero-order valence-corrected chi connectivity index (χ0v) is 18.4. The zero-order chi connectivity index (χ0) is 21.3. The van der Waals surface area contributed by atoms with Gasteiger partial charge in [0.1, 0.15) is 6.17 Å². The molecule has 4 nitrogen and oxygen atoms in total. The van der Waals surface area contributed by atoms with Gasteiger partial charge in [-0.25, -0.2) is 0 Å². The molecular weight excluding hydrogens is 403 g/mol. The minimum absolute atomic E-state index is 0.0399. The Hall–Kier alpha value is -2.68. The molecule has 2 aliphatic rings. The van der Waals surface area contributed by atoms with Crippen LogP contribution < -0.4 is 15.5 Å². The lowest BCUT2D eigenvalue weighted by Gasteiger charge is -2.31. The van der Waals surface area contributed by atoms with Gasteiger partial charge in [0.2, 0.25) is 0 Å². The van der Waals surface area contributed by atoms with Gasteiger partial charge < -0.3 is 9.46 Å². The summed E-state index contributed by atoms with van der Waals surface area (Å²) in [5, 5.41) is 1.49. The third kappa shape index (κ3) is 3.75. The van der Waals surface area contributed by atoms with Gasteiger partial charge in [0, 0.05) is 35.4 Å². The van der Waals surface area contributed by atoms with Gasteiger partial charge in [-0.15, -0.1) is 0 Å². The molecule has 2 saturated heterocycles. The summed E-state index contributed by atoms with van der Waals surface area (Å²) in [6, 6.07) is 29.6. The Kier molecular flexibility index (Phi) is 5.52. The predicted octanol–water partition coefficient (Wildman–Crippen LogP) is 3.88. The third-order valence-electron chi connectivity index (χ3n) is 6.54. The smallest absolute Gasteiger partial charge is 0.178 e. The Bertz CT molecular complexity index is 1040. The van der Waals surface area contributed by atoms with Crippen LogP contribution in [0.5, 0.6) is 0 Å². The number of rotatable bonds is 6. The molecule has 2 fully saturated rings. The first-order valence-electron chi connectivity index (χ1n) is 11.0. The number of carbonyl (C=O) groups excluding carboxylic acids is 1. The third-order valence-corrected chi connectivity index (χ3v) is 9.56. The van der Waals surface area contributed by atoms with E-state index in [2.05, 4.69) is 21.9 Å². The number of anilines is 1. The molecular formula is C26H27N2O2P. The monoisotopic (exact) mass is 430 g/mol. The number of para-hydroxylation sites is 1. The Morgan fingerprint density at radius 2 is 1.39 bits per heavy atom. The van der Waals surface area contributed by atoms with Crippen LogP contribution in [0.4, 0.5) is 5.69 Å². The quantitative estimate of drug-likeness (QED) is 0.557. The van der Waals surface area contributed by atoms with E-state index in [0.29, 0.717) is 6.04 Å². The largest absolute Gasteiger partial charge is 0.348 e. The topological polar surface area (TPSA) is 40.6 Å². The molecule has 0 radical (unpaired) electrons. The van der Waals surface area contributed by atoms with Gasteiger partial charge in [0.15, 0.2) is 12.9 Å². The maximum atomic E-state index is 14.5. The Morgan fingerprint density at radius 1 is 0.839 bits per heavy atom. The van der Waals surface area contributed by atoms with E-state index in [0.717, 1.165) is 42.2 Å². The molecule has 31 heavy (non-hydrogen) atoms. The maximum Gasteiger partial charge on any atom is 0.178 e. The van der Waals surface area contributed by atoms with Crippen molar-refractivity contribution in [2.45, 2.75) is 25.0 Å². The van der Waals surface area contributed by atoms with Gasteiger partial charge in [0.25, 0.3) is 0 Å². The van der Waals surface area contributed by atoms with Crippen LogP contribution in [0.2, 0.25) is 0 Å². The van der Waals surface area contributed by atoms with Gasteiger partial charge in [-0.05, 0) is 25.0 Å². The molecule has 0 N–H and O–H groups in total. The van der Waals surface area contributed by atoms with E-state index in [4.69, 9.17) is 0 Å². The minimum atomic E-state index is -3.09. The van der Waals surface area contributed by atoms with Crippen molar-refractivity contribution in [3.63, 3.8) is 0 Å². The summed E-state index contributed by atoms with van der Waals surface area (Å²) < 4.78 is 14.5. The lowest BCUT2D eigenvalue weighted by molar-refractivity contribution is -0.120. The fourth-order valence-electron chi connectivity index (χ4n) is 5.08. The van der Waals surface area contributed by atoms with E-state index < -0.39 is 7.14 Å². The van der Waals surface area contributed by atoms with Crippen molar-refractivity contribution < 1.29 is 9.36 Å². The second kappa shape index (κ2) is 8.45. The number of fused-ring (bicyclic) bond motifs is 1. The summed E-state index contributed by atoms with van der Waals surface area (Å²) in [6.07, 6.45) is 1.92. The number of benzene rings is 3. The van der Waals surface area contributed by atoms with Crippen molar-refractivity contribution in [1.82, 2.24) is 4.90 Å². The normalized spacial score (nSPS) is 21.2. The van der Waals surface area contributed by atoms with Crippen LogP contribution in [-0.2, 0) is 9.36 Å². The molecule has 3 aromatic carbocycles. The number of nitrogens with zero attached hydrogens (tertiary/aromatic N) is 2. The number of Topliss-reactive ketones (excluding diaryl/α,β-unsaturated/α-hetero) is 1. The van der Waals surface area contributed by atoms with Crippen LogP contribution in [0.3, 0.4) is 0 Å². The Morgan fingerprint density at radius 3 is 1.97 bits per heavy atom. The summed E-state index contributed by atoms with van der Waals surface area (Å²) in [5.41, 5.74) is 1.06. The van der Waals surface area contributed by atoms with E-state index in [1.54, 1.807) is 0 Å². The molecule has 0 unspecified atom stereocenters. The van der Waals surface area contributed by atoms with Crippen molar-refractivity contribution in [2.75, 3.05) is 24.2 Å². The van der Waals surface area contributed by atoms with Crippen LogP contribution in [0, 0.1) is 0 Å². The van der Waals surface area contributed by atoms with E-state index in [-0.39, 0.29) is 18.1 Å². The van der Waals surface area contributed by atoms with Gasteiger partial charge in [0.05, 0.1) is 6.16 Å². The summed E-state index contributed by atoms with van der Waals surface area (Å²) >= 11 is 0. The first kappa shape index (κ1) is 20.2. The number of hydrogen-bond acceptors (Lipinski definition) is 4. The molecule has 0 aromatic heterocycles. The summed E-state index contributed by atoms with van der Waals surface area (Å²) in [5.74, 6) is 0.0456. The SMILES string of the molecule is O=C(CP(=O)(c1ccccc1)c1ccccc1)[C@H]1N(c2ccccc2)C[C@@H]2CCCN21. The number of ketones is 1. The molecule has 0 aliphatic carbocycles. The molecule has 0 saturated carbocycles. The van der Waals surface area contributed by atoms with Gasteiger partial charge in [-0.2, -0.15) is 0 Å². The Labute approximate surface area is 183 Å². The predicted molar refractivity (Wildman–Crippen MR) is 127 cm³/mol. The molecule has 158 valence electrons. The minimum Gasteiger partial charge on any atom is -0.348 e. The van der Waals surface area contributed by atoms with Crippen LogP contribution in [0.15, 0.2) is 91.0 Å². The number of hydrogen-bond donors (Lipinski definition) is 0. The first-order chi connectivity index (χ1) is 15.2. The molecule has 3 aromatic rings. The molecule has 5 heteroatoms. The second-order valence-electron chi connectivity index (χ2n) is 8.43. The van der Waals surface area contributed by atoms with Gasteiger partial charge >= 0.3 is 0 Å². The lowest BCUT2D eigenvalue weighted by Crippen LogP contribution is -2.47. The van der Waals surface area contributed by atoms with Crippen molar-refractivity contribution in [1.29, 1.82) is 0 Å². The van der Waals surface area contributed by atoms with Crippen molar-refractivity contribution >= 4 is 29.2 Å². The summed E-state index contributed by atoms with van der Waals surface area (Å²) in [7, 11) is -3.09. The highest BCUT2D eigenvalue weighted by Crippen LogP contribution is 2.45. The Balaban J connectivity index is 1.52. The fourth-order valence-corrected chi connectivity index (χ4v) is 7.65. The first-order valence-corrected chi connectivity index (χ1v) is 12.9. The maximum absolute atomic E-state index is 14.5. The molecule has 0 spiro atoms. The van der Waals surface area contributed by atoms with E-state index in [1.165, 1.54) is 0 Å². The van der Waals surface area contributed by atoms with E-state index in [9.17, 15) is 9.36 Å². The average molecular weight is 430 g/mol. The highest BCUT2D eigenvalue weighted by molar-refractivity contribution is 7.79. The molecule has 0 amide bonds. The molecule has 2 atom stereocenters. The fraction of sp³-hybridized carbons (Fsp3) is 0.269. The molecule has 5 rings (SSSR count). The van der Waals surface area contributed by atoms with Crippen LogP contribution in [0.25, 0.3) is 0 Å². The van der Waals surface area contributed by atoms with Crippen LogP contribution >= 0.6 is 7.14 Å². The van der Waals surface area contributed by atoms with E-state index >= 15 is 0 Å². The molecule has 2 heterocycles. The van der Waals surface area contributed by atoms with Gasteiger partial charge in [-0.3, -0.25) is 9.69 Å². The highest BCUT2D eigenvalue weighted by atomic mass is 31.2. The molecule has 0 bridgehead atoms.